The summed E-state index contributed by atoms with van der Waals surface area (Å²) in [5.41, 5.74) is 6.47. The maximum Gasteiger partial charge on any atom is 0.186 e. The van der Waals surface area contributed by atoms with Crippen LogP contribution in [0.5, 0.6) is 0 Å². The number of halogens is 2. The molecular weight excluding hydrogens is 224 g/mol. The van der Waals surface area contributed by atoms with Crippen molar-refractivity contribution >= 4 is 5.82 Å². The van der Waals surface area contributed by atoms with Gasteiger partial charge in [0.2, 0.25) is 0 Å². The predicted octanol–water partition coefficient (Wildman–Crippen LogP) is 2.24. The molecule has 3 nitrogen and oxygen atoms in total. The second-order valence-corrected chi connectivity index (χ2v) is 3.73. The highest BCUT2D eigenvalue weighted by molar-refractivity contribution is 5.33. The Labute approximate surface area is 97.3 Å². The lowest BCUT2D eigenvalue weighted by molar-refractivity contribution is 0.603. The van der Waals surface area contributed by atoms with Crippen molar-refractivity contribution in [2.24, 2.45) is 0 Å². The van der Waals surface area contributed by atoms with Gasteiger partial charge in [-0.1, -0.05) is 12.1 Å². The summed E-state index contributed by atoms with van der Waals surface area (Å²) in [4.78, 5) is 7.84. The lowest BCUT2D eigenvalue weighted by Crippen LogP contribution is -2.06. The van der Waals surface area contributed by atoms with Crippen LogP contribution in [0.15, 0.2) is 24.3 Å². The van der Waals surface area contributed by atoms with E-state index in [0.717, 1.165) is 5.56 Å². The second-order valence-electron chi connectivity index (χ2n) is 3.73. The van der Waals surface area contributed by atoms with E-state index in [1.54, 1.807) is 12.1 Å². The number of anilines is 1. The molecule has 0 saturated carbocycles. The molecule has 0 aliphatic carbocycles. The van der Waals surface area contributed by atoms with Crippen molar-refractivity contribution in [1.29, 1.82) is 0 Å². The molecule has 5 heteroatoms. The van der Waals surface area contributed by atoms with Crippen LogP contribution in [0.25, 0.3) is 0 Å². The Balaban J connectivity index is 2.27. The van der Waals surface area contributed by atoms with Crippen LogP contribution < -0.4 is 5.73 Å². The Kier molecular flexibility index (Phi) is 2.99. The van der Waals surface area contributed by atoms with Gasteiger partial charge in [0, 0.05) is 6.42 Å². The Bertz CT molecular complexity index is 515. The van der Waals surface area contributed by atoms with Gasteiger partial charge in [0.1, 0.15) is 11.6 Å². The molecule has 2 aromatic rings. The third-order valence-corrected chi connectivity index (χ3v) is 2.36. The summed E-state index contributed by atoms with van der Waals surface area (Å²) in [7, 11) is 0. The smallest absolute Gasteiger partial charge is 0.186 e. The highest BCUT2D eigenvalue weighted by Gasteiger charge is 2.08. The molecule has 2 rings (SSSR count). The fraction of sp³-hybridized carbons (Fsp3) is 0.167. The van der Waals surface area contributed by atoms with Gasteiger partial charge in [-0.25, -0.2) is 18.7 Å². The van der Waals surface area contributed by atoms with Crippen LogP contribution in [0.3, 0.4) is 0 Å². The molecule has 0 aliphatic rings. The van der Waals surface area contributed by atoms with Crippen molar-refractivity contribution in [3.05, 3.63) is 53.0 Å². The van der Waals surface area contributed by atoms with Gasteiger partial charge < -0.3 is 5.73 Å². The number of aromatic nitrogens is 2. The fourth-order valence-corrected chi connectivity index (χ4v) is 1.51. The number of nitrogens with two attached hydrogens (primary N) is 1. The van der Waals surface area contributed by atoms with Crippen molar-refractivity contribution in [2.75, 3.05) is 5.73 Å². The lowest BCUT2D eigenvalue weighted by atomic mass is 10.1. The molecule has 17 heavy (non-hydrogen) atoms. The van der Waals surface area contributed by atoms with Crippen LogP contribution in [0.4, 0.5) is 14.6 Å². The number of nitrogen functional groups attached to an aromatic ring is 1. The summed E-state index contributed by atoms with van der Waals surface area (Å²) in [5, 5.41) is 0. The predicted molar refractivity (Wildman–Crippen MR) is 60.3 cm³/mol. The van der Waals surface area contributed by atoms with Crippen LogP contribution >= 0.6 is 0 Å². The van der Waals surface area contributed by atoms with Crippen LogP contribution in [-0.4, -0.2) is 9.97 Å². The number of nitrogens with zero attached hydrogens (tertiary/aromatic N) is 2. The Morgan fingerprint density at radius 1 is 1.12 bits per heavy atom. The average molecular weight is 235 g/mol. The number of rotatable bonds is 2. The lowest BCUT2D eigenvalue weighted by Gasteiger charge is -2.04. The van der Waals surface area contributed by atoms with Gasteiger partial charge in [-0.3, -0.25) is 0 Å². The third-order valence-electron chi connectivity index (χ3n) is 2.36. The van der Waals surface area contributed by atoms with Crippen LogP contribution in [0.2, 0.25) is 0 Å². The number of hydrogen-bond acceptors (Lipinski definition) is 3. The summed E-state index contributed by atoms with van der Waals surface area (Å²) in [6, 6.07) is 5.98. The van der Waals surface area contributed by atoms with E-state index in [1.165, 1.54) is 19.1 Å². The van der Waals surface area contributed by atoms with E-state index in [2.05, 4.69) is 9.97 Å². The first-order valence-corrected chi connectivity index (χ1v) is 5.09. The topological polar surface area (TPSA) is 51.8 Å². The quantitative estimate of drug-likeness (QED) is 0.868. The van der Waals surface area contributed by atoms with Gasteiger partial charge in [0.15, 0.2) is 11.6 Å². The van der Waals surface area contributed by atoms with E-state index in [-0.39, 0.29) is 17.3 Å². The maximum absolute atomic E-state index is 13.2. The molecule has 88 valence electrons. The van der Waals surface area contributed by atoms with Gasteiger partial charge in [-0.2, -0.15) is 0 Å². The van der Waals surface area contributed by atoms with Crippen molar-refractivity contribution in [3.63, 3.8) is 0 Å². The van der Waals surface area contributed by atoms with E-state index < -0.39 is 5.82 Å². The minimum absolute atomic E-state index is 0.158. The second kappa shape index (κ2) is 4.45. The van der Waals surface area contributed by atoms with E-state index in [0.29, 0.717) is 12.2 Å². The van der Waals surface area contributed by atoms with Crippen molar-refractivity contribution in [1.82, 2.24) is 9.97 Å². The Morgan fingerprint density at radius 3 is 2.35 bits per heavy atom. The average Bonchev–Trinajstić information content (AvgIpc) is 2.29. The molecule has 0 bridgehead atoms. The molecule has 0 spiro atoms. The largest absolute Gasteiger partial charge is 0.381 e. The summed E-state index contributed by atoms with van der Waals surface area (Å²) >= 11 is 0. The Hall–Kier alpha value is -2.04. The summed E-state index contributed by atoms with van der Waals surface area (Å²) in [5.74, 6) is -0.625. The maximum atomic E-state index is 13.2. The molecule has 2 N–H and O–H groups in total. The summed E-state index contributed by atoms with van der Waals surface area (Å²) < 4.78 is 25.9. The Morgan fingerprint density at radius 2 is 1.76 bits per heavy atom. The van der Waals surface area contributed by atoms with E-state index in [9.17, 15) is 8.78 Å². The normalized spacial score (nSPS) is 10.5. The first-order chi connectivity index (χ1) is 8.06. The zero-order chi connectivity index (χ0) is 12.4. The highest BCUT2D eigenvalue weighted by Crippen LogP contribution is 2.13. The first-order valence-electron chi connectivity index (χ1n) is 5.09. The molecular formula is C12H11F2N3. The number of aryl methyl sites for hydroxylation is 1. The molecule has 0 aliphatic heterocycles. The fourth-order valence-electron chi connectivity index (χ4n) is 1.51. The van der Waals surface area contributed by atoms with Crippen molar-refractivity contribution in [2.45, 2.75) is 13.3 Å². The van der Waals surface area contributed by atoms with Gasteiger partial charge in [-0.15, -0.1) is 0 Å². The molecule has 1 heterocycles. The minimum Gasteiger partial charge on any atom is -0.381 e. The molecule has 0 radical (unpaired) electrons. The highest BCUT2D eigenvalue weighted by atomic mass is 19.1. The number of hydrogen-bond donors (Lipinski definition) is 1. The van der Waals surface area contributed by atoms with Gasteiger partial charge in [0.05, 0.1) is 5.69 Å². The standard InChI is InChI=1S/C12H11F2N3/c1-7-11(14)12(15)17-10(16-7)6-8-2-4-9(13)5-3-8/h2-5H,6H2,1H3,(H2,15,16,17). The van der Waals surface area contributed by atoms with E-state index in [4.69, 9.17) is 5.73 Å². The molecule has 0 fully saturated rings. The number of benzene rings is 1. The summed E-state index contributed by atoms with van der Waals surface area (Å²) in [6.45, 7) is 1.53. The SMILES string of the molecule is Cc1nc(Cc2ccc(F)cc2)nc(N)c1F. The van der Waals surface area contributed by atoms with E-state index >= 15 is 0 Å². The molecule has 0 amide bonds. The van der Waals surface area contributed by atoms with E-state index in [1.807, 2.05) is 0 Å². The zero-order valence-electron chi connectivity index (χ0n) is 9.24. The van der Waals surface area contributed by atoms with Gasteiger partial charge >= 0.3 is 0 Å². The first kappa shape index (κ1) is 11.4. The molecule has 0 saturated heterocycles. The molecule has 1 aromatic heterocycles. The van der Waals surface area contributed by atoms with Crippen LogP contribution in [0.1, 0.15) is 17.1 Å². The molecule has 1 aromatic carbocycles. The zero-order valence-corrected chi connectivity index (χ0v) is 9.24. The van der Waals surface area contributed by atoms with Crippen molar-refractivity contribution < 1.29 is 8.78 Å². The monoisotopic (exact) mass is 235 g/mol. The molecule has 0 atom stereocenters. The van der Waals surface area contributed by atoms with Gasteiger partial charge in [0.25, 0.3) is 0 Å². The minimum atomic E-state index is -0.590. The molecule has 0 unspecified atom stereocenters. The van der Waals surface area contributed by atoms with Crippen molar-refractivity contribution in [3.8, 4) is 0 Å². The third kappa shape index (κ3) is 2.55. The van der Waals surface area contributed by atoms with Gasteiger partial charge in [-0.05, 0) is 24.6 Å². The van der Waals surface area contributed by atoms with Crippen LogP contribution in [-0.2, 0) is 6.42 Å². The van der Waals surface area contributed by atoms with Crippen LogP contribution in [0, 0.1) is 18.6 Å². The summed E-state index contributed by atoms with van der Waals surface area (Å²) in [6.07, 6.45) is 0.394.